The molecule has 0 radical (unpaired) electrons. The second-order valence-corrected chi connectivity index (χ2v) is 15.9. The summed E-state index contributed by atoms with van der Waals surface area (Å²) < 4.78 is 134. The number of amides is 1. The number of nitrogens with zero attached hydrogens (tertiary/aromatic N) is 2. The number of allylic oxidation sites excluding steroid dienone is 4. The van der Waals surface area contributed by atoms with Crippen molar-refractivity contribution in [3.8, 4) is 5.69 Å². The van der Waals surface area contributed by atoms with Crippen molar-refractivity contribution in [2.45, 2.75) is 33.4 Å². The summed E-state index contributed by atoms with van der Waals surface area (Å²) in [6, 6.07) is 3.64. The summed E-state index contributed by atoms with van der Waals surface area (Å²) in [4.78, 5) is 47.5. The van der Waals surface area contributed by atoms with E-state index in [2.05, 4.69) is 10.5 Å². The number of ketones is 2. The fourth-order valence-corrected chi connectivity index (χ4v) is 6.95. The molecule has 1 aliphatic heterocycles. The van der Waals surface area contributed by atoms with Crippen LogP contribution in [0, 0.1) is 0 Å². The van der Waals surface area contributed by atoms with Crippen LogP contribution in [0.25, 0.3) is 11.8 Å². The molecule has 1 amide bonds. The van der Waals surface area contributed by atoms with Gasteiger partial charge in [-0.2, -0.15) is 33.7 Å². The van der Waals surface area contributed by atoms with E-state index in [0.717, 1.165) is 38.2 Å². The van der Waals surface area contributed by atoms with E-state index >= 15 is 0 Å². The number of H-pyrrole nitrogens is 1. The number of hydrogen-bond donors (Lipinski definition) is 6. The van der Waals surface area contributed by atoms with E-state index in [9.17, 15) is 71.1 Å². The van der Waals surface area contributed by atoms with E-state index in [4.69, 9.17) is 0 Å². The summed E-state index contributed by atoms with van der Waals surface area (Å²) in [5, 5.41) is 2.32. The molecule has 3 aromatic rings. The van der Waals surface area contributed by atoms with Gasteiger partial charge in [-0.25, -0.2) is 4.68 Å². The largest absolute Gasteiger partial charge is 0.312 e. The van der Waals surface area contributed by atoms with Gasteiger partial charge >= 0.3 is 16.0 Å². The lowest BCUT2D eigenvalue weighted by atomic mass is 10.1. The highest BCUT2D eigenvalue weighted by atomic mass is 32.2. The molecule has 270 valence electrons. The molecular formula is C27H23N4O16S4+. The van der Waals surface area contributed by atoms with Gasteiger partial charge in [0.1, 0.15) is 21.1 Å². The molecule has 1 aliphatic rings. The molecule has 0 unspecified atom stereocenters. The van der Waals surface area contributed by atoms with E-state index in [1.165, 1.54) is 6.08 Å². The van der Waals surface area contributed by atoms with Gasteiger partial charge in [0.25, 0.3) is 47.3 Å². The molecular weight excluding hydrogens is 765 g/mol. The van der Waals surface area contributed by atoms with Crippen LogP contribution in [0.3, 0.4) is 0 Å². The third-order valence-corrected chi connectivity index (χ3v) is 10.3. The Morgan fingerprint density at radius 1 is 0.725 bits per heavy atom. The number of hydrogen-bond acceptors (Lipinski definition) is 12. The standard InChI is InChI=1S/C27H22N4O16S4/c1-14(32)24-18(27(35)31(28-24)21-13-17(49(39,40)41)9-11-23(21)51(45,46)47)6-4-3-5-7-19-25(15(2)33)30(29-26(19)34)20-12-16(48(36,37)38)8-10-22(20)50(42,43)44/h3-13H,1-2H3,(H5,29,34,36,37,38,39,40,41,42,43,44,45,46,47)/p+1. The molecule has 1 aromatic heterocycles. The van der Waals surface area contributed by atoms with Crippen LogP contribution < -0.4 is 11.0 Å². The van der Waals surface area contributed by atoms with E-state index in [1.807, 2.05) is 0 Å². The monoisotopic (exact) mass is 787 g/mol. The molecule has 2 aromatic carbocycles. The molecule has 0 spiro atoms. The van der Waals surface area contributed by atoms with E-state index in [1.54, 1.807) is 0 Å². The third kappa shape index (κ3) is 8.07. The number of carbonyl (C=O) groups excluding carboxylic acids is 3. The molecule has 51 heavy (non-hydrogen) atoms. The Morgan fingerprint density at radius 2 is 1.27 bits per heavy atom. The van der Waals surface area contributed by atoms with Crippen molar-refractivity contribution in [1.29, 1.82) is 0 Å². The average molecular weight is 788 g/mol. The number of benzene rings is 2. The molecule has 4 rings (SSSR count). The second-order valence-electron chi connectivity index (χ2n) is 10.3. The first-order valence-corrected chi connectivity index (χ1v) is 19.2. The average Bonchev–Trinajstić information content (AvgIpc) is 3.50. The number of nitrogens with one attached hydrogen (secondary N) is 2. The van der Waals surface area contributed by atoms with Gasteiger partial charge in [0.05, 0.1) is 16.1 Å². The van der Waals surface area contributed by atoms with Crippen LogP contribution in [-0.4, -0.2) is 89.5 Å². The van der Waals surface area contributed by atoms with Crippen molar-refractivity contribution in [1.82, 2.24) is 15.2 Å². The number of aromatic nitrogens is 2. The quantitative estimate of drug-likeness (QED) is 0.0499. The molecule has 0 fully saturated rings. The van der Waals surface area contributed by atoms with Gasteiger partial charge < -0.3 is 0 Å². The maximum Gasteiger partial charge on any atom is 0.312 e. The van der Waals surface area contributed by atoms with Crippen LogP contribution >= 0.6 is 0 Å². The maximum absolute atomic E-state index is 13.3. The van der Waals surface area contributed by atoms with Crippen LogP contribution in [0.5, 0.6) is 0 Å². The van der Waals surface area contributed by atoms with Gasteiger partial charge in [-0.15, -0.1) is 5.43 Å². The van der Waals surface area contributed by atoms with Crippen molar-refractivity contribution in [3.63, 3.8) is 0 Å². The summed E-state index contributed by atoms with van der Waals surface area (Å²) in [7, 11) is -20.0. The van der Waals surface area contributed by atoms with Crippen molar-refractivity contribution in [3.05, 3.63) is 87.9 Å². The zero-order chi connectivity index (χ0) is 38.4. The first-order chi connectivity index (χ1) is 23.3. The minimum absolute atomic E-state index is 0.407. The fourth-order valence-electron chi connectivity index (χ4n) is 4.64. The summed E-state index contributed by atoms with van der Waals surface area (Å²) in [6.45, 7) is 1.99. The topological polar surface area (TPSA) is 322 Å². The highest BCUT2D eigenvalue weighted by molar-refractivity contribution is 7.87. The summed E-state index contributed by atoms with van der Waals surface area (Å²) >= 11 is 0. The molecule has 0 bridgehead atoms. The Morgan fingerprint density at radius 3 is 1.78 bits per heavy atom. The summed E-state index contributed by atoms with van der Waals surface area (Å²) in [5.41, 5.74) is -2.23. The van der Waals surface area contributed by atoms with Crippen LogP contribution in [0.15, 0.2) is 90.7 Å². The van der Waals surface area contributed by atoms with Crippen LogP contribution in [0.2, 0.25) is 0 Å². The first kappa shape index (κ1) is 38.6. The van der Waals surface area contributed by atoms with Gasteiger partial charge in [0.2, 0.25) is 5.78 Å². The molecule has 0 saturated carbocycles. The van der Waals surface area contributed by atoms with Crippen LogP contribution in [0.1, 0.15) is 29.9 Å². The number of carbonyl (C=O) groups is 3. The zero-order valence-corrected chi connectivity index (χ0v) is 28.8. The molecule has 6 N–H and O–H groups in total. The third-order valence-electron chi connectivity index (χ3n) is 6.79. The van der Waals surface area contributed by atoms with Crippen molar-refractivity contribution in [2.24, 2.45) is 0 Å². The SMILES string of the molecule is CC(=O)C1=[N+](c2cc(S(=O)(=O)O)ccc2S(=O)(=O)O)NC(=O)\C1=C/C=C/C=C/c1c(C(C)=O)[nH]n(-c2cc(S(=O)(=O)O)ccc2S(=O)(=O)O)c1=O. The minimum Gasteiger partial charge on any atom is -0.293 e. The lowest BCUT2D eigenvalue weighted by Crippen LogP contribution is -2.27. The molecule has 0 atom stereocenters. The Labute approximate surface area is 287 Å². The fraction of sp³-hybridized carbons (Fsp3) is 0.0741. The number of hydrazine groups is 1. The Bertz CT molecular complexity index is 2700. The molecule has 24 heteroatoms. The lowest BCUT2D eigenvalue weighted by molar-refractivity contribution is -0.487. The first-order valence-electron chi connectivity index (χ1n) is 13.4. The summed E-state index contributed by atoms with van der Waals surface area (Å²) in [6.07, 6.45) is 5.53. The van der Waals surface area contributed by atoms with E-state index < -0.39 is 117 Å². The maximum atomic E-state index is 13.3. The Balaban J connectivity index is 1.81. The summed E-state index contributed by atoms with van der Waals surface area (Å²) in [5.74, 6) is -2.63. The van der Waals surface area contributed by atoms with Crippen molar-refractivity contribution in [2.75, 3.05) is 0 Å². The van der Waals surface area contributed by atoms with Crippen molar-refractivity contribution >= 4 is 75.4 Å². The van der Waals surface area contributed by atoms with Crippen molar-refractivity contribution < 1.29 is 71.0 Å². The van der Waals surface area contributed by atoms with E-state index in [0.29, 0.717) is 45.8 Å². The molecule has 0 aliphatic carbocycles. The van der Waals surface area contributed by atoms with Crippen LogP contribution in [0.4, 0.5) is 5.69 Å². The lowest BCUT2D eigenvalue weighted by Gasteiger charge is -2.09. The number of hydrazone groups is 1. The molecule has 0 saturated heterocycles. The van der Waals surface area contributed by atoms with Crippen LogP contribution in [-0.2, 0) is 50.1 Å². The Hall–Kier alpha value is -5.21. The normalized spacial score (nSPS) is 15.3. The van der Waals surface area contributed by atoms with E-state index in [-0.39, 0.29) is 0 Å². The van der Waals surface area contributed by atoms with Gasteiger partial charge in [0, 0.05) is 19.9 Å². The number of rotatable bonds is 11. The molecule has 2 heterocycles. The van der Waals surface area contributed by atoms with Gasteiger partial charge in [-0.1, -0.05) is 22.9 Å². The minimum atomic E-state index is -5.09. The highest BCUT2D eigenvalue weighted by Gasteiger charge is 2.42. The second kappa shape index (κ2) is 13.5. The zero-order valence-electron chi connectivity index (χ0n) is 25.6. The predicted octanol–water partition coefficient (Wildman–Crippen LogP) is 0.270. The molecule has 20 nitrogen and oxygen atoms in total. The smallest absolute Gasteiger partial charge is 0.293 e. The van der Waals surface area contributed by atoms with Gasteiger partial charge in [-0.3, -0.25) is 42.5 Å². The highest BCUT2D eigenvalue weighted by Crippen LogP contribution is 2.29. The van der Waals surface area contributed by atoms with Gasteiger partial charge in [-0.05, 0) is 42.5 Å². The van der Waals surface area contributed by atoms with Gasteiger partial charge in [0.15, 0.2) is 10.7 Å². The predicted molar refractivity (Wildman–Crippen MR) is 172 cm³/mol. The Kier molecular flexibility index (Phi) is 10.2. The number of aromatic amines is 1. The number of Topliss-reactive ketones (excluding diaryl/α,β-unsaturated/α-hetero) is 2.